The van der Waals surface area contributed by atoms with Gasteiger partial charge in [0.05, 0.1) is 17.2 Å². The highest BCUT2D eigenvalue weighted by atomic mass is 32.1. The van der Waals surface area contributed by atoms with E-state index < -0.39 is 17.7 Å². The Kier molecular flexibility index (Phi) is 4.33. The molecule has 1 fully saturated rings. The van der Waals surface area contributed by atoms with E-state index in [1.165, 1.54) is 12.8 Å². The number of urea groups is 1. The number of rotatable bonds is 5. The van der Waals surface area contributed by atoms with Gasteiger partial charge in [-0.3, -0.25) is 0 Å². The van der Waals surface area contributed by atoms with Gasteiger partial charge >= 0.3 is 6.03 Å². The van der Waals surface area contributed by atoms with Crippen molar-refractivity contribution in [2.45, 2.75) is 31.8 Å². The molecule has 7 heteroatoms. The molecule has 4 nitrogen and oxygen atoms in total. The summed E-state index contributed by atoms with van der Waals surface area (Å²) in [7, 11) is 0. The normalized spacial score (nSPS) is 13.9. The van der Waals surface area contributed by atoms with E-state index in [2.05, 4.69) is 15.6 Å². The zero-order valence-electron chi connectivity index (χ0n) is 11.7. The summed E-state index contributed by atoms with van der Waals surface area (Å²) in [6.45, 7) is 0.250. The molecule has 0 saturated heterocycles. The van der Waals surface area contributed by atoms with Crippen molar-refractivity contribution >= 4 is 17.4 Å². The molecule has 1 aromatic heterocycles. The molecule has 0 atom stereocenters. The maximum Gasteiger partial charge on any atom is 0.315 e. The van der Waals surface area contributed by atoms with E-state index >= 15 is 0 Å². The standard InChI is InChI=1S/C15H15F2N3OS/c16-11-3-4-13(17)10(5-11)6-18-15(21)19-7-12-8-22-14(20-12)9-1-2-9/h3-5,8-9H,1-2,6-7H2,(H2,18,19,21). The minimum Gasteiger partial charge on any atom is -0.334 e. The minimum atomic E-state index is -0.546. The average Bonchev–Trinajstić information content (AvgIpc) is 3.25. The number of nitrogens with one attached hydrogen (secondary N) is 2. The van der Waals surface area contributed by atoms with Crippen LogP contribution in [0.2, 0.25) is 0 Å². The second-order valence-corrected chi connectivity index (χ2v) is 6.11. The number of hydrogen-bond acceptors (Lipinski definition) is 3. The van der Waals surface area contributed by atoms with Crippen molar-refractivity contribution in [1.29, 1.82) is 0 Å². The van der Waals surface area contributed by atoms with Crippen LogP contribution >= 0.6 is 11.3 Å². The molecular formula is C15H15F2N3OS. The molecule has 0 spiro atoms. The predicted molar refractivity (Wildman–Crippen MR) is 79.5 cm³/mol. The summed E-state index contributed by atoms with van der Waals surface area (Å²) in [5.41, 5.74) is 0.929. The molecule has 0 aliphatic heterocycles. The van der Waals surface area contributed by atoms with Gasteiger partial charge in [-0.15, -0.1) is 11.3 Å². The van der Waals surface area contributed by atoms with Crippen molar-refractivity contribution in [1.82, 2.24) is 15.6 Å². The molecule has 2 amide bonds. The molecule has 22 heavy (non-hydrogen) atoms. The summed E-state index contributed by atoms with van der Waals surface area (Å²) < 4.78 is 26.4. The smallest absolute Gasteiger partial charge is 0.315 e. The molecule has 2 N–H and O–H groups in total. The second kappa shape index (κ2) is 6.39. The van der Waals surface area contributed by atoms with Gasteiger partial charge in [-0.25, -0.2) is 18.6 Å². The van der Waals surface area contributed by atoms with Crippen molar-refractivity contribution < 1.29 is 13.6 Å². The van der Waals surface area contributed by atoms with Crippen molar-refractivity contribution in [3.63, 3.8) is 0 Å². The molecule has 1 aliphatic rings. The Morgan fingerprint density at radius 1 is 1.27 bits per heavy atom. The molecule has 3 rings (SSSR count). The van der Waals surface area contributed by atoms with E-state index in [-0.39, 0.29) is 12.1 Å². The highest BCUT2D eigenvalue weighted by molar-refractivity contribution is 7.09. The van der Waals surface area contributed by atoms with Gasteiger partial charge in [0, 0.05) is 23.4 Å². The van der Waals surface area contributed by atoms with Crippen molar-refractivity contribution in [2.24, 2.45) is 0 Å². The number of aromatic nitrogens is 1. The average molecular weight is 323 g/mol. The molecule has 0 unspecified atom stereocenters. The van der Waals surface area contributed by atoms with Gasteiger partial charge in [0.15, 0.2) is 0 Å². The van der Waals surface area contributed by atoms with E-state index in [0.717, 1.165) is 28.9 Å². The number of thiazole rings is 1. The summed E-state index contributed by atoms with van der Waals surface area (Å²) in [6, 6.07) is 2.71. The fourth-order valence-corrected chi connectivity index (χ4v) is 3.00. The first kappa shape index (κ1) is 14.9. The third kappa shape index (κ3) is 3.79. The summed E-state index contributed by atoms with van der Waals surface area (Å²) in [5.74, 6) is -0.479. The van der Waals surface area contributed by atoms with Crippen LogP contribution in [0.15, 0.2) is 23.6 Å². The molecule has 1 heterocycles. The van der Waals surface area contributed by atoms with Crippen LogP contribution in [0.1, 0.15) is 35.0 Å². The zero-order chi connectivity index (χ0) is 15.5. The quantitative estimate of drug-likeness (QED) is 0.887. The van der Waals surface area contributed by atoms with Crippen molar-refractivity contribution in [2.75, 3.05) is 0 Å². The lowest BCUT2D eigenvalue weighted by molar-refractivity contribution is 0.240. The first-order valence-corrected chi connectivity index (χ1v) is 7.89. The van der Waals surface area contributed by atoms with E-state index in [0.29, 0.717) is 12.5 Å². The number of halogens is 2. The number of carbonyl (C=O) groups excluding carboxylic acids is 1. The van der Waals surface area contributed by atoms with Gasteiger partial charge in [-0.1, -0.05) is 0 Å². The Morgan fingerprint density at radius 3 is 2.82 bits per heavy atom. The molecular weight excluding hydrogens is 308 g/mol. The Labute approximate surface area is 130 Å². The van der Waals surface area contributed by atoms with Gasteiger partial charge in [0.25, 0.3) is 0 Å². The van der Waals surface area contributed by atoms with Crippen LogP contribution in [-0.4, -0.2) is 11.0 Å². The summed E-state index contributed by atoms with van der Waals surface area (Å²) in [6.07, 6.45) is 2.39. The molecule has 2 aromatic rings. The maximum atomic E-state index is 13.4. The molecule has 1 aliphatic carbocycles. The molecule has 1 saturated carbocycles. The highest BCUT2D eigenvalue weighted by Crippen LogP contribution is 2.41. The van der Waals surface area contributed by atoms with Gasteiger partial charge < -0.3 is 10.6 Å². The van der Waals surface area contributed by atoms with E-state index in [1.807, 2.05) is 5.38 Å². The van der Waals surface area contributed by atoms with Crippen LogP contribution < -0.4 is 10.6 Å². The lowest BCUT2D eigenvalue weighted by Crippen LogP contribution is -2.34. The molecule has 1 aromatic carbocycles. The molecule has 0 radical (unpaired) electrons. The van der Waals surface area contributed by atoms with Crippen molar-refractivity contribution in [3.05, 3.63) is 51.5 Å². The number of carbonyl (C=O) groups is 1. The van der Waals surface area contributed by atoms with Gasteiger partial charge in [-0.05, 0) is 31.0 Å². The molecule has 0 bridgehead atoms. The number of benzene rings is 1. The van der Waals surface area contributed by atoms with Gasteiger partial charge in [0.1, 0.15) is 11.6 Å². The van der Waals surface area contributed by atoms with E-state index in [4.69, 9.17) is 0 Å². The van der Waals surface area contributed by atoms with Crippen LogP contribution in [0.4, 0.5) is 13.6 Å². The Hall–Kier alpha value is -2.02. The lowest BCUT2D eigenvalue weighted by atomic mass is 10.2. The van der Waals surface area contributed by atoms with Crippen LogP contribution in [0, 0.1) is 11.6 Å². The predicted octanol–water partition coefficient (Wildman–Crippen LogP) is 3.30. The monoisotopic (exact) mass is 323 g/mol. The van der Waals surface area contributed by atoms with E-state index in [9.17, 15) is 13.6 Å². The third-order valence-electron chi connectivity index (χ3n) is 3.37. The number of nitrogens with zero attached hydrogens (tertiary/aromatic N) is 1. The van der Waals surface area contributed by atoms with Gasteiger partial charge in [-0.2, -0.15) is 0 Å². The zero-order valence-corrected chi connectivity index (χ0v) is 12.6. The Bertz CT molecular complexity index is 685. The topological polar surface area (TPSA) is 54.0 Å². The maximum absolute atomic E-state index is 13.4. The summed E-state index contributed by atoms with van der Waals surface area (Å²) in [5, 5.41) is 8.21. The lowest BCUT2D eigenvalue weighted by Gasteiger charge is -2.07. The first-order valence-electron chi connectivity index (χ1n) is 7.02. The van der Waals surface area contributed by atoms with Crippen molar-refractivity contribution in [3.8, 4) is 0 Å². The first-order chi connectivity index (χ1) is 10.6. The summed E-state index contributed by atoms with van der Waals surface area (Å²) in [4.78, 5) is 16.1. The summed E-state index contributed by atoms with van der Waals surface area (Å²) >= 11 is 1.61. The fourth-order valence-electron chi connectivity index (χ4n) is 2.01. The minimum absolute atomic E-state index is 0.0696. The third-order valence-corrected chi connectivity index (χ3v) is 4.43. The van der Waals surface area contributed by atoms with Crippen LogP contribution in [0.5, 0.6) is 0 Å². The molecule has 116 valence electrons. The number of hydrogen-bond donors (Lipinski definition) is 2. The van der Waals surface area contributed by atoms with Crippen LogP contribution in [0.25, 0.3) is 0 Å². The highest BCUT2D eigenvalue weighted by Gasteiger charge is 2.26. The SMILES string of the molecule is O=C(NCc1csc(C2CC2)n1)NCc1cc(F)ccc1F. The second-order valence-electron chi connectivity index (χ2n) is 5.22. The van der Waals surface area contributed by atoms with E-state index in [1.54, 1.807) is 11.3 Å². The van der Waals surface area contributed by atoms with Crippen LogP contribution in [-0.2, 0) is 13.1 Å². The van der Waals surface area contributed by atoms with Crippen LogP contribution in [0.3, 0.4) is 0 Å². The fraction of sp³-hybridized carbons (Fsp3) is 0.333. The number of amides is 2. The largest absolute Gasteiger partial charge is 0.334 e. The van der Waals surface area contributed by atoms with Gasteiger partial charge in [0.2, 0.25) is 0 Å². The Morgan fingerprint density at radius 2 is 2.05 bits per heavy atom. The Balaban J connectivity index is 1.46.